The van der Waals surface area contributed by atoms with Crippen molar-refractivity contribution in [2.45, 2.75) is 6.92 Å². The van der Waals surface area contributed by atoms with Crippen molar-refractivity contribution in [1.82, 2.24) is 9.97 Å². The average molecular weight is 367 g/mol. The van der Waals surface area contributed by atoms with Gasteiger partial charge < -0.3 is 10.6 Å². The molecule has 1 aromatic carbocycles. The van der Waals surface area contributed by atoms with Gasteiger partial charge in [-0.1, -0.05) is 15.9 Å². The van der Waals surface area contributed by atoms with Crippen molar-refractivity contribution in [2.24, 2.45) is 0 Å². The number of aryl methyl sites for hydroxylation is 1. The maximum atomic E-state index is 13.9. The van der Waals surface area contributed by atoms with Gasteiger partial charge in [-0.3, -0.25) is 0 Å². The molecule has 0 atom stereocenters. The van der Waals surface area contributed by atoms with Crippen LogP contribution in [0.2, 0.25) is 0 Å². The molecule has 0 aliphatic carbocycles. The minimum absolute atomic E-state index is 0.331. The Kier molecular flexibility index (Phi) is 3.77. The van der Waals surface area contributed by atoms with Crippen LogP contribution in [0.15, 0.2) is 28.7 Å². The Bertz CT molecular complexity index is 818. The highest BCUT2D eigenvalue weighted by atomic mass is 79.9. The number of halogens is 2. The smallest absolute Gasteiger partial charge is 0.225 e. The lowest BCUT2D eigenvalue weighted by molar-refractivity contribution is 0.631. The summed E-state index contributed by atoms with van der Waals surface area (Å²) in [6.07, 6.45) is 0. The summed E-state index contributed by atoms with van der Waals surface area (Å²) in [6.45, 7) is 2.01. The fourth-order valence-electron chi connectivity index (χ4n) is 1.97. The molecular weight excluding hydrogens is 355 g/mol. The molecule has 0 unspecified atom stereocenters. The fraction of sp³-hybridized carbons (Fsp3) is 0.143. The highest BCUT2D eigenvalue weighted by Gasteiger charge is 2.12. The molecule has 21 heavy (non-hydrogen) atoms. The van der Waals surface area contributed by atoms with Crippen LogP contribution in [0.1, 0.15) is 4.88 Å². The molecule has 2 aromatic heterocycles. The topological polar surface area (TPSA) is 49.8 Å². The Morgan fingerprint density at radius 3 is 2.81 bits per heavy atom. The number of aromatic nitrogens is 2. The first-order chi connectivity index (χ1) is 10.1. The van der Waals surface area contributed by atoms with Crippen LogP contribution in [-0.4, -0.2) is 17.0 Å². The number of thiophene rings is 1. The number of nitrogens with zero attached hydrogens (tertiary/aromatic N) is 2. The third-order valence-corrected chi connectivity index (χ3v) is 4.36. The largest absolute Gasteiger partial charge is 0.357 e. The molecule has 4 nitrogen and oxygen atoms in total. The molecule has 0 fully saturated rings. The summed E-state index contributed by atoms with van der Waals surface area (Å²) in [5.74, 6) is 0.760. The lowest BCUT2D eigenvalue weighted by atomic mass is 10.3. The summed E-state index contributed by atoms with van der Waals surface area (Å²) in [7, 11) is 1.76. The zero-order valence-electron chi connectivity index (χ0n) is 11.4. The second-order valence-corrected chi connectivity index (χ2v) is 6.62. The highest BCUT2D eigenvalue weighted by Crippen LogP contribution is 2.32. The second-order valence-electron chi connectivity index (χ2n) is 4.47. The van der Waals surface area contributed by atoms with Crippen LogP contribution in [0.25, 0.3) is 10.2 Å². The van der Waals surface area contributed by atoms with Crippen LogP contribution < -0.4 is 10.6 Å². The third kappa shape index (κ3) is 2.84. The molecule has 3 rings (SSSR count). The summed E-state index contributed by atoms with van der Waals surface area (Å²) >= 11 is 4.92. The van der Waals surface area contributed by atoms with Gasteiger partial charge in [0.05, 0.1) is 11.1 Å². The lowest BCUT2D eigenvalue weighted by Crippen LogP contribution is -2.02. The predicted molar refractivity (Wildman–Crippen MR) is 89.1 cm³/mol. The van der Waals surface area contributed by atoms with Crippen molar-refractivity contribution in [3.05, 3.63) is 39.4 Å². The summed E-state index contributed by atoms with van der Waals surface area (Å²) in [4.78, 5) is 10.8. The Hall–Kier alpha value is -1.73. The monoisotopic (exact) mass is 366 g/mol. The van der Waals surface area contributed by atoms with Crippen LogP contribution in [0, 0.1) is 12.7 Å². The maximum absolute atomic E-state index is 13.9. The Labute approximate surface area is 133 Å². The minimum atomic E-state index is -0.331. The molecule has 108 valence electrons. The zero-order chi connectivity index (χ0) is 15.0. The van der Waals surface area contributed by atoms with E-state index in [0.717, 1.165) is 19.6 Å². The number of benzene rings is 1. The van der Waals surface area contributed by atoms with Gasteiger partial charge in [-0.2, -0.15) is 4.98 Å². The fourth-order valence-corrected chi connectivity index (χ4v) is 3.21. The number of rotatable bonds is 3. The Balaban J connectivity index is 2.12. The molecule has 0 amide bonds. The van der Waals surface area contributed by atoms with Crippen molar-refractivity contribution in [1.29, 1.82) is 0 Å². The number of nitrogens with one attached hydrogen (secondary N) is 2. The molecule has 0 spiro atoms. The standard InChI is InChI=1S/C14H12BrFN4S/c1-7-5-9-12(19-14(17-2)20-13(9)21-7)18-11-6-8(15)3-4-10(11)16/h3-6H,1-2H3,(H2,17,18,19,20). The van der Waals surface area contributed by atoms with E-state index in [-0.39, 0.29) is 5.82 Å². The SMILES string of the molecule is CNc1nc(Nc2cc(Br)ccc2F)c2cc(C)sc2n1. The number of hydrogen-bond acceptors (Lipinski definition) is 5. The Morgan fingerprint density at radius 1 is 1.24 bits per heavy atom. The molecule has 2 N–H and O–H groups in total. The van der Waals surface area contributed by atoms with Gasteiger partial charge in [0.2, 0.25) is 5.95 Å². The normalized spacial score (nSPS) is 10.9. The van der Waals surface area contributed by atoms with E-state index in [4.69, 9.17) is 0 Å². The van der Waals surface area contributed by atoms with Crippen LogP contribution in [0.3, 0.4) is 0 Å². The molecule has 7 heteroatoms. The van der Waals surface area contributed by atoms with Crippen molar-refractivity contribution in [3.8, 4) is 0 Å². The first-order valence-corrected chi connectivity index (χ1v) is 7.86. The van der Waals surface area contributed by atoms with Crippen molar-refractivity contribution >= 4 is 54.9 Å². The quantitative estimate of drug-likeness (QED) is 0.705. The van der Waals surface area contributed by atoms with Crippen LogP contribution >= 0.6 is 27.3 Å². The summed E-state index contributed by atoms with van der Waals surface area (Å²) in [6, 6.07) is 6.74. The van der Waals surface area contributed by atoms with Gasteiger partial charge in [0.1, 0.15) is 16.5 Å². The van der Waals surface area contributed by atoms with E-state index in [1.54, 1.807) is 30.5 Å². The maximum Gasteiger partial charge on any atom is 0.225 e. The summed E-state index contributed by atoms with van der Waals surface area (Å²) < 4.78 is 14.7. The van der Waals surface area contributed by atoms with Gasteiger partial charge in [0, 0.05) is 16.4 Å². The van der Waals surface area contributed by atoms with Gasteiger partial charge in [0.25, 0.3) is 0 Å². The lowest BCUT2D eigenvalue weighted by Gasteiger charge is -2.09. The summed E-state index contributed by atoms with van der Waals surface area (Å²) in [5, 5.41) is 6.86. The predicted octanol–water partition coefficient (Wildman–Crippen LogP) is 4.69. The molecule has 0 aliphatic rings. The van der Waals surface area contributed by atoms with Crippen molar-refractivity contribution in [3.63, 3.8) is 0 Å². The first-order valence-electron chi connectivity index (χ1n) is 6.25. The number of hydrogen-bond donors (Lipinski definition) is 2. The third-order valence-electron chi connectivity index (χ3n) is 2.92. The zero-order valence-corrected chi connectivity index (χ0v) is 13.8. The van der Waals surface area contributed by atoms with E-state index >= 15 is 0 Å². The van der Waals surface area contributed by atoms with Crippen molar-refractivity contribution in [2.75, 3.05) is 17.7 Å². The van der Waals surface area contributed by atoms with Crippen LogP contribution in [-0.2, 0) is 0 Å². The molecule has 0 radical (unpaired) electrons. The number of fused-ring (bicyclic) bond motifs is 1. The minimum Gasteiger partial charge on any atom is -0.357 e. The van der Waals surface area contributed by atoms with E-state index in [0.29, 0.717) is 17.5 Å². The van der Waals surface area contributed by atoms with Gasteiger partial charge in [0.15, 0.2) is 0 Å². The van der Waals surface area contributed by atoms with E-state index in [9.17, 15) is 4.39 Å². The molecule has 0 aliphatic heterocycles. The van der Waals surface area contributed by atoms with E-state index in [2.05, 4.69) is 36.5 Å². The van der Waals surface area contributed by atoms with Gasteiger partial charge in [-0.25, -0.2) is 9.37 Å². The van der Waals surface area contributed by atoms with Gasteiger partial charge in [-0.15, -0.1) is 11.3 Å². The second kappa shape index (κ2) is 5.57. The molecule has 2 heterocycles. The average Bonchev–Trinajstić information content (AvgIpc) is 2.83. The van der Waals surface area contributed by atoms with E-state index < -0.39 is 0 Å². The summed E-state index contributed by atoms with van der Waals surface area (Å²) in [5.41, 5.74) is 0.371. The molecule has 0 saturated carbocycles. The highest BCUT2D eigenvalue weighted by molar-refractivity contribution is 9.10. The van der Waals surface area contributed by atoms with E-state index in [1.165, 1.54) is 6.07 Å². The first kappa shape index (κ1) is 14.2. The van der Waals surface area contributed by atoms with E-state index in [1.807, 2.05) is 13.0 Å². The molecule has 0 bridgehead atoms. The van der Waals surface area contributed by atoms with Crippen LogP contribution in [0.5, 0.6) is 0 Å². The van der Waals surface area contributed by atoms with Crippen molar-refractivity contribution < 1.29 is 4.39 Å². The number of anilines is 3. The molecular formula is C14H12BrFN4S. The van der Waals surface area contributed by atoms with Crippen LogP contribution in [0.4, 0.5) is 21.8 Å². The molecule has 0 saturated heterocycles. The Morgan fingerprint density at radius 2 is 2.05 bits per heavy atom. The molecule has 3 aromatic rings. The van der Waals surface area contributed by atoms with Gasteiger partial charge in [-0.05, 0) is 31.2 Å². The van der Waals surface area contributed by atoms with Gasteiger partial charge >= 0.3 is 0 Å².